The molecule has 0 unspecified atom stereocenters. The van der Waals surface area contributed by atoms with Crippen molar-refractivity contribution < 1.29 is 10.2 Å². The van der Waals surface area contributed by atoms with Crippen molar-refractivity contribution in [1.82, 2.24) is 9.97 Å². The lowest BCUT2D eigenvalue weighted by molar-refractivity contribution is 0.123. The maximum atomic E-state index is 11.4. The van der Waals surface area contributed by atoms with Crippen LogP contribution in [0.4, 0.5) is 5.69 Å². The predicted octanol–water partition coefficient (Wildman–Crippen LogP) is 6.58. The molecule has 1 aliphatic carbocycles. The SMILES string of the molecule is CNc1cc(C(C)(C)C)ccc1-c1nc2c(O)c3c(c(O)c2[nH]1)C(C)(C)C(C)(C)C3(C)C. The van der Waals surface area contributed by atoms with Gasteiger partial charge >= 0.3 is 0 Å². The van der Waals surface area contributed by atoms with Crippen LogP contribution in [0.3, 0.4) is 0 Å². The normalized spacial score (nSPS) is 18.7. The van der Waals surface area contributed by atoms with Gasteiger partial charge in [-0.1, -0.05) is 68.4 Å². The van der Waals surface area contributed by atoms with E-state index in [1.54, 1.807) is 0 Å². The number of H-pyrrole nitrogens is 1. The van der Waals surface area contributed by atoms with E-state index in [4.69, 9.17) is 4.98 Å². The number of fused-ring (bicyclic) bond motifs is 2. The summed E-state index contributed by atoms with van der Waals surface area (Å²) in [5, 5.41) is 26.1. The third-order valence-electron chi connectivity index (χ3n) is 8.67. The fraction of sp³-hybridized carbons (Fsp3) is 0.519. The summed E-state index contributed by atoms with van der Waals surface area (Å²) in [5.74, 6) is 0.970. The topological polar surface area (TPSA) is 81.2 Å². The van der Waals surface area contributed by atoms with Crippen molar-refractivity contribution in [2.75, 3.05) is 12.4 Å². The molecular formula is C27H37N3O2. The van der Waals surface area contributed by atoms with E-state index >= 15 is 0 Å². The van der Waals surface area contributed by atoms with Gasteiger partial charge in [0.25, 0.3) is 0 Å². The Morgan fingerprint density at radius 1 is 0.906 bits per heavy atom. The molecule has 0 saturated heterocycles. The van der Waals surface area contributed by atoms with Crippen LogP contribution in [0.1, 0.15) is 79.0 Å². The Hall–Kier alpha value is -2.69. The first-order chi connectivity index (χ1) is 14.6. The Balaban J connectivity index is 2.00. The number of benzene rings is 2. The number of hydrogen-bond acceptors (Lipinski definition) is 4. The van der Waals surface area contributed by atoms with Gasteiger partial charge in [-0.05, 0) is 39.4 Å². The second-order valence-electron chi connectivity index (χ2n) is 11.9. The van der Waals surface area contributed by atoms with Crippen LogP contribution in [0.25, 0.3) is 22.4 Å². The number of aromatic hydroxyl groups is 2. The molecule has 5 heteroatoms. The highest BCUT2D eigenvalue weighted by Crippen LogP contribution is 2.66. The highest BCUT2D eigenvalue weighted by molar-refractivity contribution is 5.95. The zero-order chi connectivity index (χ0) is 24.0. The van der Waals surface area contributed by atoms with Gasteiger partial charge in [-0.15, -0.1) is 0 Å². The first-order valence-electron chi connectivity index (χ1n) is 11.4. The zero-order valence-electron chi connectivity index (χ0n) is 21.1. The van der Waals surface area contributed by atoms with E-state index in [-0.39, 0.29) is 33.2 Å². The van der Waals surface area contributed by atoms with Crippen molar-refractivity contribution in [1.29, 1.82) is 0 Å². The predicted molar refractivity (Wildman–Crippen MR) is 133 cm³/mol. The molecule has 0 spiro atoms. The van der Waals surface area contributed by atoms with Crippen molar-refractivity contribution in [3.05, 3.63) is 34.9 Å². The van der Waals surface area contributed by atoms with Crippen LogP contribution in [0, 0.1) is 5.41 Å². The first-order valence-corrected chi connectivity index (χ1v) is 11.4. The Bertz CT molecular complexity index is 1180. The molecule has 4 rings (SSSR count). The molecule has 0 bridgehead atoms. The van der Waals surface area contributed by atoms with Crippen LogP contribution in [0.15, 0.2) is 18.2 Å². The fourth-order valence-electron chi connectivity index (χ4n) is 5.37. The van der Waals surface area contributed by atoms with Gasteiger partial charge in [-0.25, -0.2) is 4.98 Å². The lowest BCUT2D eigenvalue weighted by Gasteiger charge is -2.44. The van der Waals surface area contributed by atoms with E-state index in [0.717, 1.165) is 22.4 Å². The van der Waals surface area contributed by atoms with Crippen molar-refractivity contribution in [3.8, 4) is 22.9 Å². The Labute approximate surface area is 191 Å². The molecule has 32 heavy (non-hydrogen) atoms. The molecule has 0 fully saturated rings. The van der Waals surface area contributed by atoms with Crippen LogP contribution in [-0.2, 0) is 16.2 Å². The van der Waals surface area contributed by atoms with Gasteiger partial charge in [0.05, 0.1) is 0 Å². The monoisotopic (exact) mass is 435 g/mol. The average molecular weight is 436 g/mol. The van der Waals surface area contributed by atoms with Gasteiger partial charge in [0, 0.05) is 29.4 Å². The second-order valence-corrected chi connectivity index (χ2v) is 11.9. The maximum Gasteiger partial charge on any atom is 0.147 e. The van der Waals surface area contributed by atoms with Gasteiger partial charge in [0.2, 0.25) is 0 Å². The molecule has 5 nitrogen and oxygen atoms in total. The van der Waals surface area contributed by atoms with Gasteiger partial charge in [0.15, 0.2) is 0 Å². The summed E-state index contributed by atoms with van der Waals surface area (Å²) in [6.45, 7) is 19.5. The van der Waals surface area contributed by atoms with E-state index in [0.29, 0.717) is 16.9 Å². The summed E-state index contributed by atoms with van der Waals surface area (Å²) in [5.41, 5.74) is 4.75. The zero-order valence-corrected chi connectivity index (χ0v) is 21.1. The summed E-state index contributed by atoms with van der Waals surface area (Å²) in [6, 6.07) is 6.29. The lowest BCUT2D eigenvalue weighted by atomic mass is 9.59. The van der Waals surface area contributed by atoms with Crippen LogP contribution in [0.5, 0.6) is 11.5 Å². The highest BCUT2D eigenvalue weighted by Gasteiger charge is 2.59. The molecule has 3 aromatic rings. The number of anilines is 1. The minimum atomic E-state index is -0.342. The fourth-order valence-corrected chi connectivity index (χ4v) is 5.37. The van der Waals surface area contributed by atoms with E-state index in [9.17, 15) is 10.2 Å². The summed E-state index contributed by atoms with van der Waals surface area (Å²) in [7, 11) is 1.89. The Morgan fingerprint density at radius 2 is 1.47 bits per heavy atom. The largest absolute Gasteiger partial charge is 0.505 e. The van der Waals surface area contributed by atoms with Crippen LogP contribution in [0.2, 0.25) is 0 Å². The second kappa shape index (κ2) is 6.43. The van der Waals surface area contributed by atoms with Crippen molar-refractivity contribution in [2.24, 2.45) is 5.41 Å². The van der Waals surface area contributed by atoms with Crippen molar-refractivity contribution >= 4 is 16.7 Å². The van der Waals surface area contributed by atoms with Gasteiger partial charge in [-0.3, -0.25) is 0 Å². The molecule has 1 heterocycles. The molecule has 1 aliphatic rings. The van der Waals surface area contributed by atoms with Gasteiger partial charge < -0.3 is 20.5 Å². The Kier molecular flexibility index (Phi) is 4.52. The number of imidazole rings is 1. The van der Waals surface area contributed by atoms with E-state index < -0.39 is 0 Å². The number of nitrogens with one attached hydrogen (secondary N) is 2. The third kappa shape index (κ3) is 2.66. The molecule has 0 saturated carbocycles. The number of aromatic amines is 1. The number of aromatic nitrogens is 2. The molecule has 172 valence electrons. The molecule has 2 aromatic carbocycles. The molecule has 0 aliphatic heterocycles. The summed E-state index contributed by atoms with van der Waals surface area (Å²) >= 11 is 0. The number of phenolic OH excluding ortho intramolecular Hbond substituents is 2. The standard InChI is InChI=1S/C27H37N3O2/c1-24(2,3)14-11-12-15(16(13-14)28-10)23-29-19-20(30-23)22(32)18-17(21(19)31)25(4,5)27(8,9)26(18,6)7/h11-13,28,31-32H,1-10H3,(H,29,30). The summed E-state index contributed by atoms with van der Waals surface area (Å²) < 4.78 is 0. The van der Waals surface area contributed by atoms with E-state index in [1.165, 1.54) is 5.56 Å². The van der Waals surface area contributed by atoms with Crippen molar-refractivity contribution in [3.63, 3.8) is 0 Å². The van der Waals surface area contributed by atoms with E-state index in [1.807, 2.05) is 13.1 Å². The third-order valence-corrected chi connectivity index (χ3v) is 8.67. The minimum Gasteiger partial charge on any atom is -0.505 e. The molecule has 0 radical (unpaired) electrons. The molecule has 0 amide bonds. The first kappa shape index (κ1) is 22.5. The average Bonchev–Trinajstić information content (AvgIpc) is 3.18. The smallest absolute Gasteiger partial charge is 0.147 e. The summed E-state index contributed by atoms with van der Waals surface area (Å²) in [4.78, 5) is 8.09. The van der Waals surface area contributed by atoms with Crippen LogP contribution in [-0.4, -0.2) is 27.2 Å². The quantitative estimate of drug-likeness (QED) is 0.343. The van der Waals surface area contributed by atoms with Gasteiger partial charge in [-0.2, -0.15) is 0 Å². The number of phenols is 2. The molecule has 4 N–H and O–H groups in total. The van der Waals surface area contributed by atoms with Gasteiger partial charge in [0.1, 0.15) is 28.4 Å². The Morgan fingerprint density at radius 3 is 2.00 bits per heavy atom. The lowest BCUT2D eigenvalue weighted by Crippen LogP contribution is -2.42. The van der Waals surface area contributed by atoms with E-state index in [2.05, 4.69) is 84.7 Å². The number of hydrogen-bond donors (Lipinski definition) is 4. The summed E-state index contributed by atoms with van der Waals surface area (Å²) in [6.07, 6.45) is 0. The number of rotatable bonds is 2. The number of nitrogens with zero attached hydrogens (tertiary/aromatic N) is 1. The highest BCUT2D eigenvalue weighted by atomic mass is 16.3. The van der Waals surface area contributed by atoms with Crippen LogP contribution >= 0.6 is 0 Å². The van der Waals surface area contributed by atoms with Crippen molar-refractivity contribution in [2.45, 2.75) is 78.6 Å². The molecule has 1 aromatic heterocycles. The minimum absolute atomic E-state index is 0.0271. The maximum absolute atomic E-state index is 11.4. The van der Waals surface area contributed by atoms with Crippen LogP contribution < -0.4 is 5.32 Å². The molecule has 0 atom stereocenters. The molecular weight excluding hydrogens is 398 g/mol.